The van der Waals surface area contributed by atoms with Gasteiger partial charge in [0.1, 0.15) is 5.71 Å². The van der Waals surface area contributed by atoms with Crippen LogP contribution in [0.1, 0.15) is 6.92 Å². The van der Waals surface area contributed by atoms with Crippen molar-refractivity contribution in [1.29, 1.82) is 0 Å². The van der Waals surface area contributed by atoms with Crippen LogP contribution in [0.25, 0.3) is 0 Å². The summed E-state index contributed by atoms with van der Waals surface area (Å²) in [5.41, 5.74) is -0.852. The van der Waals surface area contributed by atoms with E-state index in [0.29, 0.717) is 0 Å². The molecule has 0 atom stereocenters. The van der Waals surface area contributed by atoms with Gasteiger partial charge in [-0.3, -0.25) is 4.99 Å². The fraction of sp³-hybridized carbons (Fsp3) is 0.500. The van der Waals surface area contributed by atoms with E-state index in [2.05, 4.69) is 4.99 Å². The molecule has 0 radical (unpaired) electrons. The summed E-state index contributed by atoms with van der Waals surface area (Å²) in [5.74, 6) is 0. The van der Waals surface area contributed by atoms with Crippen LogP contribution in [0.2, 0.25) is 0 Å². The van der Waals surface area contributed by atoms with E-state index in [4.69, 9.17) is 0 Å². The minimum atomic E-state index is -4.32. The van der Waals surface area contributed by atoms with Crippen molar-refractivity contribution in [3.63, 3.8) is 0 Å². The Morgan fingerprint density at radius 2 is 1.90 bits per heavy atom. The van der Waals surface area contributed by atoms with E-state index < -0.39 is 11.9 Å². The van der Waals surface area contributed by atoms with Crippen LogP contribution in [0.15, 0.2) is 17.1 Å². The van der Waals surface area contributed by atoms with Gasteiger partial charge in [0, 0.05) is 7.05 Å². The average molecular weight is 151 g/mol. The van der Waals surface area contributed by atoms with Gasteiger partial charge in [-0.15, -0.1) is 0 Å². The summed E-state index contributed by atoms with van der Waals surface area (Å²) < 4.78 is 35.2. The highest BCUT2D eigenvalue weighted by Crippen LogP contribution is 2.17. The zero-order valence-corrected chi connectivity index (χ0v) is 5.74. The molecule has 0 fully saturated rings. The lowest BCUT2D eigenvalue weighted by atomic mass is 10.3. The van der Waals surface area contributed by atoms with Crippen molar-refractivity contribution in [2.75, 3.05) is 7.05 Å². The zero-order valence-electron chi connectivity index (χ0n) is 5.74. The second-order valence-electron chi connectivity index (χ2n) is 1.61. The van der Waals surface area contributed by atoms with Crippen molar-refractivity contribution in [2.45, 2.75) is 13.1 Å². The van der Waals surface area contributed by atoms with Crippen LogP contribution in [-0.2, 0) is 0 Å². The number of halogens is 3. The van der Waals surface area contributed by atoms with E-state index in [1.807, 2.05) is 0 Å². The molecular formula is C6H8F3N. The van der Waals surface area contributed by atoms with Crippen molar-refractivity contribution in [3.8, 4) is 0 Å². The maximum Gasteiger partial charge on any atom is 0.432 e. The monoisotopic (exact) mass is 151 g/mol. The second kappa shape index (κ2) is 3.39. The molecular weight excluding hydrogens is 143 g/mol. The predicted molar refractivity (Wildman–Crippen MR) is 34.2 cm³/mol. The van der Waals surface area contributed by atoms with Crippen molar-refractivity contribution in [3.05, 3.63) is 12.2 Å². The number of alkyl halides is 3. The number of nitrogens with zero attached hydrogens (tertiary/aromatic N) is 1. The fourth-order valence-corrected chi connectivity index (χ4v) is 0.454. The van der Waals surface area contributed by atoms with Crippen LogP contribution < -0.4 is 0 Å². The molecule has 4 heteroatoms. The first kappa shape index (κ1) is 9.20. The zero-order chi connectivity index (χ0) is 8.20. The standard InChI is InChI=1S/C6H8F3N/c1-3-4-5(10-2)6(7,8)9/h3-4H,1-2H3/b4-3-,10-5?. The molecule has 0 saturated heterocycles. The van der Waals surface area contributed by atoms with Gasteiger partial charge in [-0.05, 0) is 13.0 Å². The molecule has 0 saturated carbocycles. The summed E-state index contributed by atoms with van der Waals surface area (Å²) in [4.78, 5) is 3.05. The molecule has 1 nitrogen and oxygen atoms in total. The largest absolute Gasteiger partial charge is 0.432 e. The van der Waals surface area contributed by atoms with E-state index in [1.54, 1.807) is 0 Å². The lowest BCUT2D eigenvalue weighted by molar-refractivity contribution is -0.0577. The third-order valence-electron chi connectivity index (χ3n) is 0.856. The van der Waals surface area contributed by atoms with Gasteiger partial charge in [-0.1, -0.05) is 6.08 Å². The number of rotatable bonds is 1. The lowest BCUT2D eigenvalue weighted by Gasteiger charge is -2.03. The third-order valence-corrected chi connectivity index (χ3v) is 0.856. The first-order chi connectivity index (χ1) is 4.52. The molecule has 0 amide bonds. The molecule has 0 unspecified atom stereocenters. The maximum atomic E-state index is 11.7. The summed E-state index contributed by atoms with van der Waals surface area (Å²) in [5, 5.41) is 0. The lowest BCUT2D eigenvalue weighted by Crippen LogP contribution is -2.20. The molecule has 0 bridgehead atoms. The fourth-order valence-electron chi connectivity index (χ4n) is 0.454. The average Bonchev–Trinajstić information content (AvgIpc) is 1.80. The Hall–Kier alpha value is -0.800. The minimum Gasteiger partial charge on any atom is -0.284 e. The minimum absolute atomic E-state index is 0.852. The molecule has 58 valence electrons. The Bertz CT molecular complexity index is 155. The summed E-state index contributed by atoms with van der Waals surface area (Å²) in [6.07, 6.45) is -2.09. The van der Waals surface area contributed by atoms with Crippen molar-refractivity contribution >= 4 is 5.71 Å². The molecule has 0 spiro atoms. The van der Waals surface area contributed by atoms with Crippen LogP contribution in [0.4, 0.5) is 13.2 Å². The Labute approximate surface area is 57.3 Å². The van der Waals surface area contributed by atoms with Crippen LogP contribution in [0.3, 0.4) is 0 Å². The first-order valence-corrected chi connectivity index (χ1v) is 2.69. The second-order valence-corrected chi connectivity index (χ2v) is 1.61. The van der Waals surface area contributed by atoms with Crippen molar-refractivity contribution in [1.82, 2.24) is 0 Å². The molecule has 10 heavy (non-hydrogen) atoms. The molecule has 0 aromatic rings. The summed E-state index contributed by atoms with van der Waals surface area (Å²) >= 11 is 0. The van der Waals surface area contributed by atoms with Gasteiger partial charge in [0.25, 0.3) is 0 Å². The summed E-state index contributed by atoms with van der Waals surface area (Å²) in [7, 11) is 1.11. The maximum absolute atomic E-state index is 11.7. The molecule has 0 rings (SSSR count). The van der Waals surface area contributed by atoms with Crippen LogP contribution in [0, 0.1) is 0 Å². The number of hydrogen-bond acceptors (Lipinski definition) is 1. The third kappa shape index (κ3) is 2.66. The topological polar surface area (TPSA) is 12.4 Å². The number of hydrogen-bond donors (Lipinski definition) is 0. The van der Waals surface area contributed by atoms with Gasteiger partial charge in [-0.2, -0.15) is 13.2 Å². The SMILES string of the molecule is C/C=C\C(=NC)C(F)(F)F. The molecule has 0 N–H and O–H groups in total. The van der Waals surface area contributed by atoms with Gasteiger partial charge < -0.3 is 0 Å². The molecule has 0 aliphatic rings. The van der Waals surface area contributed by atoms with E-state index in [1.165, 1.54) is 13.0 Å². The first-order valence-electron chi connectivity index (χ1n) is 2.69. The predicted octanol–water partition coefficient (Wildman–Crippen LogP) is 2.20. The van der Waals surface area contributed by atoms with Crippen LogP contribution in [0.5, 0.6) is 0 Å². The van der Waals surface area contributed by atoms with Gasteiger partial charge in [0.05, 0.1) is 0 Å². The van der Waals surface area contributed by atoms with E-state index in [0.717, 1.165) is 13.1 Å². The highest BCUT2D eigenvalue weighted by atomic mass is 19.4. The van der Waals surface area contributed by atoms with Crippen LogP contribution >= 0.6 is 0 Å². The molecule has 0 aliphatic carbocycles. The molecule has 0 aromatic heterocycles. The smallest absolute Gasteiger partial charge is 0.284 e. The molecule has 0 aromatic carbocycles. The van der Waals surface area contributed by atoms with E-state index in [9.17, 15) is 13.2 Å². The quantitative estimate of drug-likeness (QED) is 0.509. The van der Waals surface area contributed by atoms with Crippen molar-refractivity contribution < 1.29 is 13.2 Å². The Balaban J connectivity index is 4.39. The van der Waals surface area contributed by atoms with E-state index >= 15 is 0 Å². The number of allylic oxidation sites excluding steroid dienone is 2. The van der Waals surface area contributed by atoms with Crippen LogP contribution in [-0.4, -0.2) is 18.9 Å². The highest BCUT2D eigenvalue weighted by molar-refractivity contribution is 5.99. The van der Waals surface area contributed by atoms with Gasteiger partial charge in [0.2, 0.25) is 0 Å². The van der Waals surface area contributed by atoms with Gasteiger partial charge >= 0.3 is 6.18 Å². The van der Waals surface area contributed by atoms with E-state index in [-0.39, 0.29) is 0 Å². The Morgan fingerprint density at radius 3 is 2.00 bits per heavy atom. The van der Waals surface area contributed by atoms with Crippen molar-refractivity contribution in [2.24, 2.45) is 4.99 Å². The van der Waals surface area contributed by atoms with Gasteiger partial charge in [-0.25, -0.2) is 0 Å². The summed E-state index contributed by atoms with van der Waals surface area (Å²) in [6.45, 7) is 1.51. The highest BCUT2D eigenvalue weighted by Gasteiger charge is 2.32. The number of aliphatic imine (C=N–C) groups is 1. The normalized spacial score (nSPS) is 14.7. The molecule has 0 aliphatic heterocycles. The summed E-state index contributed by atoms with van der Waals surface area (Å²) in [6, 6.07) is 0. The van der Waals surface area contributed by atoms with Gasteiger partial charge in [0.15, 0.2) is 0 Å². The Kier molecular flexibility index (Phi) is 3.12. The Morgan fingerprint density at radius 1 is 1.40 bits per heavy atom. The molecule has 0 heterocycles.